The Bertz CT molecular complexity index is 1050. The lowest BCUT2D eigenvalue weighted by Crippen LogP contribution is -2.42. The van der Waals surface area contributed by atoms with E-state index in [1.54, 1.807) is 22.6 Å². The maximum Gasteiger partial charge on any atom is 0.256 e. The van der Waals surface area contributed by atoms with Crippen molar-refractivity contribution in [2.45, 2.75) is 56.9 Å². The Balaban J connectivity index is 1.53. The van der Waals surface area contributed by atoms with Crippen molar-refractivity contribution in [2.75, 3.05) is 29.9 Å². The first kappa shape index (κ1) is 21.8. The molecule has 2 fully saturated rings. The molecule has 0 saturated carbocycles. The fraction of sp³-hybridized carbons (Fsp3) is 0.478. The van der Waals surface area contributed by atoms with Crippen molar-refractivity contribution >= 4 is 27.4 Å². The highest BCUT2D eigenvalue weighted by molar-refractivity contribution is 7.89. The van der Waals surface area contributed by atoms with Crippen LogP contribution in [-0.4, -0.2) is 49.3 Å². The molecule has 0 bridgehead atoms. The SMILES string of the molecule is Cc1ccc(S(=O)(=O)N2CCCCC2C)cc1C(=O)Nc1ccc(N2CCCC2)nc1. The average molecular weight is 443 g/mol. The first-order valence-corrected chi connectivity index (χ1v) is 12.4. The van der Waals surface area contributed by atoms with Gasteiger partial charge >= 0.3 is 0 Å². The van der Waals surface area contributed by atoms with Crippen molar-refractivity contribution in [3.8, 4) is 0 Å². The largest absolute Gasteiger partial charge is 0.357 e. The van der Waals surface area contributed by atoms with E-state index < -0.39 is 10.0 Å². The zero-order valence-corrected chi connectivity index (χ0v) is 19.0. The van der Waals surface area contributed by atoms with Crippen LogP contribution in [0.1, 0.15) is 54.9 Å². The number of benzene rings is 1. The molecule has 7 nitrogen and oxygen atoms in total. The van der Waals surface area contributed by atoms with Gasteiger partial charge in [0.2, 0.25) is 10.0 Å². The third-order valence-electron chi connectivity index (χ3n) is 6.24. The van der Waals surface area contributed by atoms with Gasteiger partial charge in [-0.05, 0) is 69.4 Å². The molecule has 31 heavy (non-hydrogen) atoms. The molecule has 4 rings (SSSR count). The second kappa shape index (κ2) is 8.96. The summed E-state index contributed by atoms with van der Waals surface area (Å²) in [4.78, 5) is 19.8. The molecule has 0 radical (unpaired) electrons. The van der Waals surface area contributed by atoms with Gasteiger partial charge in [0.05, 0.1) is 16.8 Å². The van der Waals surface area contributed by atoms with Gasteiger partial charge in [-0.2, -0.15) is 4.31 Å². The minimum atomic E-state index is -3.64. The van der Waals surface area contributed by atoms with Crippen LogP contribution in [0.15, 0.2) is 41.4 Å². The molecule has 166 valence electrons. The van der Waals surface area contributed by atoms with Crippen LogP contribution in [0.2, 0.25) is 0 Å². The van der Waals surface area contributed by atoms with E-state index in [0.29, 0.717) is 17.8 Å². The van der Waals surface area contributed by atoms with Crippen molar-refractivity contribution in [1.82, 2.24) is 9.29 Å². The Morgan fingerprint density at radius 3 is 2.48 bits per heavy atom. The lowest BCUT2D eigenvalue weighted by Gasteiger charge is -2.32. The lowest BCUT2D eigenvalue weighted by molar-refractivity contribution is 0.102. The van der Waals surface area contributed by atoms with Crippen LogP contribution in [0.25, 0.3) is 0 Å². The number of sulfonamides is 1. The highest BCUT2D eigenvalue weighted by Gasteiger charge is 2.31. The van der Waals surface area contributed by atoms with Crippen molar-refractivity contribution < 1.29 is 13.2 Å². The van der Waals surface area contributed by atoms with E-state index in [-0.39, 0.29) is 16.8 Å². The van der Waals surface area contributed by atoms with E-state index in [1.165, 1.54) is 18.9 Å². The molecule has 0 spiro atoms. The number of nitrogens with one attached hydrogen (secondary N) is 1. The van der Waals surface area contributed by atoms with E-state index >= 15 is 0 Å². The molecule has 1 aromatic heterocycles. The van der Waals surface area contributed by atoms with Gasteiger partial charge < -0.3 is 10.2 Å². The van der Waals surface area contributed by atoms with Crippen molar-refractivity contribution in [3.05, 3.63) is 47.7 Å². The third kappa shape index (κ3) is 4.60. The number of aryl methyl sites for hydroxylation is 1. The summed E-state index contributed by atoms with van der Waals surface area (Å²) in [6.07, 6.45) is 6.77. The number of hydrogen-bond acceptors (Lipinski definition) is 5. The quantitative estimate of drug-likeness (QED) is 0.761. The average Bonchev–Trinajstić information content (AvgIpc) is 3.29. The van der Waals surface area contributed by atoms with Crippen molar-refractivity contribution in [3.63, 3.8) is 0 Å². The smallest absolute Gasteiger partial charge is 0.256 e. The Morgan fingerprint density at radius 2 is 1.81 bits per heavy atom. The number of nitrogens with zero attached hydrogens (tertiary/aromatic N) is 3. The number of carbonyl (C=O) groups is 1. The lowest BCUT2D eigenvalue weighted by atomic mass is 10.1. The summed E-state index contributed by atoms with van der Waals surface area (Å²) in [5.74, 6) is 0.576. The highest BCUT2D eigenvalue weighted by atomic mass is 32.2. The first-order chi connectivity index (χ1) is 14.9. The van der Waals surface area contributed by atoms with Crippen LogP contribution in [0.3, 0.4) is 0 Å². The number of piperidine rings is 1. The van der Waals surface area contributed by atoms with Gasteiger partial charge in [-0.1, -0.05) is 12.5 Å². The number of anilines is 2. The molecule has 2 aromatic rings. The molecular formula is C23H30N4O3S. The summed E-state index contributed by atoms with van der Waals surface area (Å²) in [7, 11) is -3.64. The van der Waals surface area contributed by atoms with E-state index in [4.69, 9.17) is 0 Å². The topological polar surface area (TPSA) is 82.6 Å². The van der Waals surface area contributed by atoms with Crippen LogP contribution in [-0.2, 0) is 10.0 Å². The van der Waals surface area contributed by atoms with Crippen LogP contribution in [0.5, 0.6) is 0 Å². The molecule has 8 heteroatoms. The zero-order valence-electron chi connectivity index (χ0n) is 18.2. The van der Waals surface area contributed by atoms with E-state index in [2.05, 4.69) is 15.2 Å². The number of amides is 1. The van der Waals surface area contributed by atoms with Crippen molar-refractivity contribution in [1.29, 1.82) is 0 Å². The predicted molar refractivity (Wildman–Crippen MR) is 122 cm³/mol. The molecule has 1 amide bonds. The van der Waals surface area contributed by atoms with Gasteiger partial charge in [-0.15, -0.1) is 0 Å². The fourth-order valence-corrected chi connectivity index (χ4v) is 6.09. The maximum absolute atomic E-state index is 13.2. The summed E-state index contributed by atoms with van der Waals surface area (Å²) >= 11 is 0. The van der Waals surface area contributed by atoms with E-state index in [0.717, 1.165) is 43.7 Å². The number of hydrogen-bond donors (Lipinski definition) is 1. The summed E-state index contributed by atoms with van der Waals surface area (Å²) < 4.78 is 27.9. The van der Waals surface area contributed by atoms with Crippen LogP contribution in [0, 0.1) is 6.92 Å². The predicted octanol–water partition coefficient (Wildman–Crippen LogP) is 3.81. The van der Waals surface area contributed by atoms with Crippen LogP contribution in [0.4, 0.5) is 11.5 Å². The van der Waals surface area contributed by atoms with Crippen LogP contribution < -0.4 is 10.2 Å². The fourth-order valence-electron chi connectivity index (χ4n) is 4.36. The Morgan fingerprint density at radius 1 is 1.06 bits per heavy atom. The number of carbonyl (C=O) groups excluding carboxylic acids is 1. The van der Waals surface area contributed by atoms with Crippen LogP contribution >= 0.6 is 0 Å². The normalized spacial score (nSPS) is 20.1. The molecule has 1 N–H and O–H groups in total. The molecule has 2 aliphatic rings. The zero-order chi connectivity index (χ0) is 22.0. The number of rotatable bonds is 5. The molecule has 0 aliphatic carbocycles. The second-order valence-electron chi connectivity index (χ2n) is 8.49. The third-order valence-corrected chi connectivity index (χ3v) is 8.25. The van der Waals surface area contributed by atoms with Gasteiger partial charge in [0, 0.05) is 31.2 Å². The molecule has 2 aliphatic heterocycles. The molecule has 1 atom stereocenters. The van der Waals surface area contributed by atoms with Gasteiger partial charge in [0.25, 0.3) is 5.91 Å². The summed E-state index contributed by atoms with van der Waals surface area (Å²) in [5.41, 5.74) is 1.67. The minimum Gasteiger partial charge on any atom is -0.357 e. The minimum absolute atomic E-state index is 0.0301. The van der Waals surface area contributed by atoms with Crippen molar-refractivity contribution in [2.24, 2.45) is 0 Å². The first-order valence-electron chi connectivity index (χ1n) is 11.0. The van der Waals surface area contributed by atoms with E-state index in [9.17, 15) is 13.2 Å². The number of aromatic nitrogens is 1. The Hall–Kier alpha value is -2.45. The number of pyridine rings is 1. The summed E-state index contributed by atoms with van der Waals surface area (Å²) in [5, 5.41) is 2.86. The summed E-state index contributed by atoms with van der Waals surface area (Å²) in [6, 6.07) is 8.50. The second-order valence-corrected chi connectivity index (χ2v) is 10.4. The Kier molecular flexibility index (Phi) is 6.29. The monoisotopic (exact) mass is 442 g/mol. The molecule has 1 unspecified atom stereocenters. The standard InChI is InChI=1S/C23H30N4O3S/c1-17-8-10-20(31(29,30)27-14-4-3-7-18(27)2)15-21(17)23(28)25-19-9-11-22(24-16-19)26-12-5-6-13-26/h8-11,15-16,18H,3-7,12-14H2,1-2H3,(H,25,28). The molecule has 3 heterocycles. The van der Waals surface area contributed by atoms with Gasteiger partial charge in [0.15, 0.2) is 0 Å². The Labute approximate surface area is 184 Å². The van der Waals surface area contributed by atoms with Gasteiger partial charge in [-0.25, -0.2) is 13.4 Å². The van der Waals surface area contributed by atoms with Gasteiger partial charge in [-0.3, -0.25) is 4.79 Å². The van der Waals surface area contributed by atoms with E-state index in [1.807, 2.05) is 26.0 Å². The van der Waals surface area contributed by atoms with Gasteiger partial charge in [0.1, 0.15) is 5.82 Å². The maximum atomic E-state index is 13.2. The highest BCUT2D eigenvalue weighted by Crippen LogP contribution is 2.27. The molecular weight excluding hydrogens is 412 g/mol. The summed E-state index contributed by atoms with van der Waals surface area (Å²) in [6.45, 7) is 6.29. The molecule has 2 saturated heterocycles. The molecule has 1 aromatic carbocycles.